The van der Waals surface area contributed by atoms with Crippen LogP contribution < -0.4 is 0 Å². The van der Waals surface area contributed by atoms with Gasteiger partial charge in [-0.05, 0) is 82.0 Å². The van der Waals surface area contributed by atoms with Crippen molar-refractivity contribution in [1.82, 2.24) is 0 Å². The molecule has 0 atom stereocenters. The summed E-state index contributed by atoms with van der Waals surface area (Å²) in [6.07, 6.45) is 23.9. The summed E-state index contributed by atoms with van der Waals surface area (Å²) in [5.74, 6) is 3.12. The number of hydrogen-bond acceptors (Lipinski definition) is 1. The maximum Gasteiger partial charge on any atom is 0.0655 e. The largest absolute Gasteiger partial charge is 0.198 e. The average molecular weight is 316 g/mol. The number of nitriles is 1. The van der Waals surface area contributed by atoms with Crippen LogP contribution in [0.4, 0.5) is 0 Å². The van der Waals surface area contributed by atoms with E-state index >= 15 is 0 Å². The highest BCUT2D eigenvalue weighted by Crippen LogP contribution is 2.41. The van der Waals surface area contributed by atoms with Crippen LogP contribution >= 0.6 is 0 Å². The zero-order valence-corrected chi connectivity index (χ0v) is 15.3. The molecule has 0 aromatic heterocycles. The fraction of sp³-hybridized carbons (Fsp3) is 0.864. The van der Waals surface area contributed by atoms with Crippen molar-refractivity contribution < 1.29 is 0 Å². The molecule has 130 valence electrons. The summed E-state index contributed by atoms with van der Waals surface area (Å²) < 4.78 is 0. The zero-order chi connectivity index (χ0) is 16.3. The fourth-order valence-electron chi connectivity index (χ4n) is 4.68. The predicted molar refractivity (Wildman–Crippen MR) is 99.0 cm³/mol. The van der Waals surface area contributed by atoms with Crippen molar-refractivity contribution in [3.63, 3.8) is 0 Å². The van der Waals surface area contributed by atoms with Gasteiger partial charge in [0, 0.05) is 5.92 Å². The number of allylic oxidation sites excluding steroid dienone is 2. The summed E-state index contributed by atoms with van der Waals surface area (Å²) in [5, 5.41) is 9.03. The monoisotopic (exact) mass is 315 g/mol. The fourth-order valence-corrected chi connectivity index (χ4v) is 4.68. The van der Waals surface area contributed by atoms with E-state index in [1.54, 1.807) is 0 Å². The summed E-state index contributed by atoms with van der Waals surface area (Å²) in [6.45, 7) is 2.28. The van der Waals surface area contributed by atoms with E-state index in [0.29, 0.717) is 5.92 Å². The van der Waals surface area contributed by atoms with Gasteiger partial charge in [0.1, 0.15) is 0 Å². The van der Waals surface area contributed by atoms with Gasteiger partial charge < -0.3 is 0 Å². The van der Waals surface area contributed by atoms with Crippen LogP contribution in [0, 0.1) is 35.0 Å². The van der Waals surface area contributed by atoms with Crippen LogP contribution in [0.3, 0.4) is 0 Å². The topological polar surface area (TPSA) is 23.8 Å². The molecule has 0 unspecified atom stereocenters. The highest BCUT2D eigenvalue weighted by molar-refractivity contribution is 4.93. The second-order valence-electron chi connectivity index (χ2n) is 8.05. The highest BCUT2D eigenvalue weighted by atomic mass is 14.4. The smallest absolute Gasteiger partial charge is 0.0655 e. The van der Waals surface area contributed by atoms with E-state index in [0.717, 1.165) is 17.8 Å². The molecule has 2 rings (SSSR count). The first-order valence-corrected chi connectivity index (χ1v) is 10.4. The highest BCUT2D eigenvalue weighted by Gasteiger charge is 2.30. The second kappa shape index (κ2) is 10.9. The Bertz CT molecular complexity index is 362. The van der Waals surface area contributed by atoms with Crippen LogP contribution in [0.25, 0.3) is 0 Å². The van der Waals surface area contributed by atoms with Crippen molar-refractivity contribution in [2.24, 2.45) is 23.7 Å². The Morgan fingerprint density at radius 2 is 1.43 bits per heavy atom. The molecule has 0 N–H and O–H groups in total. The molecule has 0 saturated heterocycles. The van der Waals surface area contributed by atoms with E-state index in [1.807, 2.05) is 0 Å². The summed E-state index contributed by atoms with van der Waals surface area (Å²) in [5.41, 5.74) is 0. The SMILES string of the molecule is CCCCCCC/C=C/C1CCC(C2CCC(C#N)CC2)CC1. The molecule has 23 heavy (non-hydrogen) atoms. The van der Waals surface area contributed by atoms with Crippen LogP contribution in [0.15, 0.2) is 12.2 Å². The lowest BCUT2D eigenvalue weighted by Gasteiger charge is -2.36. The molecule has 1 nitrogen and oxygen atoms in total. The van der Waals surface area contributed by atoms with Gasteiger partial charge in [0.15, 0.2) is 0 Å². The van der Waals surface area contributed by atoms with Crippen LogP contribution in [0.5, 0.6) is 0 Å². The molecule has 2 aliphatic carbocycles. The lowest BCUT2D eigenvalue weighted by atomic mass is 9.69. The van der Waals surface area contributed by atoms with Crippen molar-refractivity contribution >= 4 is 0 Å². The maximum atomic E-state index is 9.03. The Morgan fingerprint density at radius 1 is 0.826 bits per heavy atom. The summed E-state index contributed by atoms with van der Waals surface area (Å²) >= 11 is 0. The van der Waals surface area contributed by atoms with Crippen molar-refractivity contribution in [2.75, 3.05) is 0 Å². The standard InChI is InChI=1S/C22H37N/c1-2-3-4-5-6-7-8-9-19-10-14-21(15-11-19)22-16-12-20(18-23)13-17-22/h8-9,19-22H,2-7,10-17H2,1H3/b9-8+. The molecule has 1 heteroatoms. The van der Waals surface area contributed by atoms with Gasteiger partial charge >= 0.3 is 0 Å². The zero-order valence-electron chi connectivity index (χ0n) is 15.3. The van der Waals surface area contributed by atoms with Crippen molar-refractivity contribution in [3.05, 3.63) is 12.2 Å². The van der Waals surface area contributed by atoms with Crippen LogP contribution in [0.1, 0.15) is 96.8 Å². The van der Waals surface area contributed by atoms with Gasteiger partial charge in [-0.3, -0.25) is 0 Å². The Labute approximate surface area is 144 Å². The molecule has 0 spiro atoms. The third-order valence-corrected chi connectivity index (χ3v) is 6.32. The Hall–Kier alpha value is -0.770. The van der Waals surface area contributed by atoms with Gasteiger partial charge in [-0.25, -0.2) is 0 Å². The molecular weight excluding hydrogens is 278 g/mol. The molecule has 0 aliphatic heterocycles. The van der Waals surface area contributed by atoms with E-state index in [-0.39, 0.29) is 0 Å². The number of rotatable bonds is 8. The predicted octanol–water partition coefficient (Wildman–Crippen LogP) is 7.04. The Morgan fingerprint density at radius 3 is 2.04 bits per heavy atom. The van der Waals surface area contributed by atoms with Gasteiger partial charge in [-0.15, -0.1) is 0 Å². The first kappa shape index (κ1) is 18.6. The van der Waals surface area contributed by atoms with Crippen molar-refractivity contribution in [3.8, 4) is 6.07 Å². The molecule has 0 aromatic rings. The number of nitrogens with zero attached hydrogens (tertiary/aromatic N) is 1. The van der Waals surface area contributed by atoms with E-state index < -0.39 is 0 Å². The first-order valence-electron chi connectivity index (χ1n) is 10.4. The first-order chi connectivity index (χ1) is 11.3. The maximum absolute atomic E-state index is 9.03. The molecule has 0 amide bonds. The molecule has 2 aliphatic rings. The minimum absolute atomic E-state index is 0.364. The summed E-state index contributed by atoms with van der Waals surface area (Å²) in [6, 6.07) is 2.47. The second-order valence-corrected chi connectivity index (χ2v) is 8.05. The van der Waals surface area contributed by atoms with E-state index in [1.165, 1.54) is 89.9 Å². The van der Waals surface area contributed by atoms with Gasteiger partial charge in [-0.2, -0.15) is 5.26 Å². The molecule has 0 aromatic carbocycles. The molecule has 0 heterocycles. The van der Waals surface area contributed by atoms with Crippen LogP contribution in [-0.2, 0) is 0 Å². The quantitative estimate of drug-likeness (QED) is 0.348. The van der Waals surface area contributed by atoms with Gasteiger partial charge in [0.05, 0.1) is 6.07 Å². The van der Waals surface area contributed by atoms with Gasteiger partial charge in [-0.1, -0.05) is 44.8 Å². The van der Waals surface area contributed by atoms with Crippen molar-refractivity contribution in [1.29, 1.82) is 5.26 Å². The van der Waals surface area contributed by atoms with Gasteiger partial charge in [0.2, 0.25) is 0 Å². The molecule has 2 fully saturated rings. The van der Waals surface area contributed by atoms with E-state index in [4.69, 9.17) is 5.26 Å². The molecular formula is C22H37N. The number of hydrogen-bond donors (Lipinski definition) is 0. The Kier molecular flexibility index (Phi) is 8.80. The normalized spacial score (nSPS) is 32.0. The lowest BCUT2D eigenvalue weighted by molar-refractivity contribution is 0.168. The Balaban J connectivity index is 1.56. The minimum Gasteiger partial charge on any atom is -0.198 e. The molecule has 2 saturated carbocycles. The van der Waals surface area contributed by atoms with Crippen LogP contribution in [0.2, 0.25) is 0 Å². The van der Waals surface area contributed by atoms with Gasteiger partial charge in [0.25, 0.3) is 0 Å². The summed E-state index contributed by atoms with van der Waals surface area (Å²) in [7, 11) is 0. The number of unbranched alkanes of at least 4 members (excludes halogenated alkanes) is 5. The van der Waals surface area contributed by atoms with E-state index in [2.05, 4.69) is 25.1 Å². The molecule has 0 bridgehead atoms. The van der Waals surface area contributed by atoms with Crippen molar-refractivity contribution in [2.45, 2.75) is 96.8 Å². The molecule has 0 radical (unpaired) electrons. The van der Waals surface area contributed by atoms with E-state index in [9.17, 15) is 0 Å². The third-order valence-electron chi connectivity index (χ3n) is 6.32. The third kappa shape index (κ3) is 6.70. The average Bonchev–Trinajstić information content (AvgIpc) is 2.61. The minimum atomic E-state index is 0.364. The lowest BCUT2D eigenvalue weighted by Crippen LogP contribution is -2.25. The van der Waals surface area contributed by atoms with Crippen LogP contribution in [-0.4, -0.2) is 0 Å². The summed E-state index contributed by atoms with van der Waals surface area (Å²) in [4.78, 5) is 0.